The van der Waals surface area contributed by atoms with Crippen LogP contribution in [-0.2, 0) is 4.74 Å². The van der Waals surface area contributed by atoms with Gasteiger partial charge in [0.2, 0.25) is 0 Å². The molecule has 92 valence electrons. The Morgan fingerprint density at radius 3 is 2.40 bits per heavy atom. The van der Waals surface area contributed by atoms with Gasteiger partial charge in [-0.15, -0.1) is 0 Å². The molecule has 0 aromatic heterocycles. The van der Waals surface area contributed by atoms with E-state index in [4.69, 9.17) is 4.74 Å². The molecule has 0 rings (SSSR count). The Balaban J connectivity index is 3.36. The Morgan fingerprint density at radius 1 is 1.20 bits per heavy atom. The lowest BCUT2D eigenvalue weighted by atomic mass is 9.98. The number of ether oxygens (including phenoxy) is 1. The van der Waals surface area contributed by atoms with E-state index in [1.165, 1.54) is 6.54 Å². The minimum atomic E-state index is 0.772. The summed E-state index contributed by atoms with van der Waals surface area (Å²) in [7, 11) is 3.93. The van der Waals surface area contributed by atoms with Crippen molar-refractivity contribution >= 4 is 0 Å². The molecule has 1 unspecified atom stereocenters. The highest BCUT2D eigenvalue weighted by Gasteiger charge is 2.09. The van der Waals surface area contributed by atoms with Crippen molar-refractivity contribution in [2.45, 2.75) is 20.8 Å². The maximum Gasteiger partial charge on any atom is 0.0587 e. The molecule has 0 fully saturated rings. The number of likely N-dealkylation sites (N-methyl/N-ethyl adjacent to an activating group) is 1. The van der Waals surface area contributed by atoms with E-state index in [-0.39, 0.29) is 0 Å². The predicted molar refractivity (Wildman–Crippen MR) is 66.2 cm³/mol. The van der Waals surface area contributed by atoms with E-state index in [0.29, 0.717) is 0 Å². The third-order valence-electron chi connectivity index (χ3n) is 2.89. The van der Waals surface area contributed by atoms with Crippen LogP contribution in [0.5, 0.6) is 0 Å². The highest BCUT2D eigenvalue weighted by atomic mass is 16.5. The zero-order valence-electron chi connectivity index (χ0n) is 11.0. The number of hydrogen-bond acceptors (Lipinski definition) is 3. The molecule has 0 bridgehead atoms. The first-order valence-electron chi connectivity index (χ1n) is 5.96. The second kappa shape index (κ2) is 9.13. The van der Waals surface area contributed by atoms with Gasteiger partial charge in [-0.3, -0.25) is 0 Å². The molecule has 0 saturated carbocycles. The molecule has 0 aliphatic heterocycles. The smallest absolute Gasteiger partial charge is 0.0587 e. The van der Waals surface area contributed by atoms with Crippen LogP contribution >= 0.6 is 0 Å². The minimum absolute atomic E-state index is 0.772. The third kappa shape index (κ3) is 8.85. The quantitative estimate of drug-likeness (QED) is 0.590. The largest absolute Gasteiger partial charge is 0.383 e. The molecule has 15 heavy (non-hydrogen) atoms. The number of nitrogens with zero attached hydrogens (tertiary/aromatic N) is 1. The van der Waals surface area contributed by atoms with Gasteiger partial charge in [-0.1, -0.05) is 20.8 Å². The average molecular weight is 216 g/mol. The summed E-state index contributed by atoms with van der Waals surface area (Å²) in [6, 6.07) is 0. The van der Waals surface area contributed by atoms with Crippen molar-refractivity contribution in [2.75, 3.05) is 46.9 Å². The zero-order chi connectivity index (χ0) is 11.7. The number of rotatable bonds is 9. The van der Waals surface area contributed by atoms with Crippen molar-refractivity contribution in [2.24, 2.45) is 11.8 Å². The van der Waals surface area contributed by atoms with Gasteiger partial charge in [0.1, 0.15) is 0 Å². The first-order valence-corrected chi connectivity index (χ1v) is 5.96. The van der Waals surface area contributed by atoms with Gasteiger partial charge in [0.25, 0.3) is 0 Å². The summed E-state index contributed by atoms with van der Waals surface area (Å²) in [5, 5.41) is 3.35. The maximum absolute atomic E-state index is 4.97. The standard InChI is InChI=1S/C12H28N2O/c1-11(2)12(3)10-14(4)8-6-13-7-9-15-5/h11-13H,6-10H2,1-5H3. The first-order chi connectivity index (χ1) is 7.07. The van der Waals surface area contributed by atoms with E-state index >= 15 is 0 Å². The van der Waals surface area contributed by atoms with Crippen molar-refractivity contribution in [1.29, 1.82) is 0 Å². The van der Waals surface area contributed by atoms with Crippen LogP contribution in [0.1, 0.15) is 20.8 Å². The molecule has 0 radical (unpaired) electrons. The highest BCUT2D eigenvalue weighted by Crippen LogP contribution is 2.09. The number of hydrogen-bond donors (Lipinski definition) is 1. The topological polar surface area (TPSA) is 24.5 Å². The van der Waals surface area contributed by atoms with Crippen LogP contribution in [0.4, 0.5) is 0 Å². The molecule has 3 nitrogen and oxygen atoms in total. The molecule has 0 spiro atoms. The van der Waals surface area contributed by atoms with Crippen molar-refractivity contribution in [3.05, 3.63) is 0 Å². The molecule has 0 aliphatic rings. The van der Waals surface area contributed by atoms with Crippen LogP contribution < -0.4 is 5.32 Å². The van der Waals surface area contributed by atoms with Gasteiger partial charge >= 0.3 is 0 Å². The lowest BCUT2D eigenvalue weighted by Crippen LogP contribution is -2.34. The van der Waals surface area contributed by atoms with Gasteiger partial charge in [-0.2, -0.15) is 0 Å². The molecule has 3 heteroatoms. The Labute approximate surface area is 95.2 Å². The third-order valence-corrected chi connectivity index (χ3v) is 2.89. The van der Waals surface area contributed by atoms with Crippen LogP contribution in [0.2, 0.25) is 0 Å². The summed E-state index contributed by atoms with van der Waals surface area (Å²) in [5.74, 6) is 1.54. The Hall–Kier alpha value is -0.120. The minimum Gasteiger partial charge on any atom is -0.383 e. The lowest BCUT2D eigenvalue weighted by molar-refractivity contribution is 0.196. The molecule has 0 saturated heterocycles. The SMILES string of the molecule is COCCNCCN(C)CC(C)C(C)C. The Bertz CT molecular complexity index is 140. The van der Waals surface area contributed by atoms with E-state index in [1.807, 2.05) is 0 Å². The van der Waals surface area contributed by atoms with E-state index in [0.717, 1.165) is 38.1 Å². The number of methoxy groups -OCH3 is 1. The van der Waals surface area contributed by atoms with Crippen LogP contribution in [0.15, 0.2) is 0 Å². The van der Waals surface area contributed by atoms with Crippen LogP contribution in [0, 0.1) is 11.8 Å². The summed E-state index contributed by atoms with van der Waals surface area (Å²) < 4.78 is 4.97. The predicted octanol–water partition coefficient (Wildman–Crippen LogP) is 1.45. The molecular formula is C12H28N2O. The summed E-state index contributed by atoms with van der Waals surface area (Å²) in [6.07, 6.45) is 0. The fraction of sp³-hybridized carbons (Fsp3) is 1.00. The Kier molecular flexibility index (Phi) is 9.06. The van der Waals surface area contributed by atoms with E-state index in [9.17, 15) is 0 Å². The summed E-state index contributed by atoms with van der Waals surface area (Å²) in [4.78, 5) is 2.39. The fourth-order valence-corrected chi connectivity index (χ4v) is 1.36. The van der Waals surface area contributed by atoms with Gasteiger partial charge in [0.05, 0.1) is 6.61 Å². The summed E-state index contributed by atoms with van der Waals surface area (Å²) in [6.45, 7) is 12.0. The van der Waals surface area contributed by atoms with Crippen molar-refractivity contribution in [3.8, 4) is 0 Å². The van der Waals surface area contributed by atoms with Gasteiger partial charge in [0.15, 0.2) is 0 Å². The van der Waals surface area contributed by atoms with Gasteiger partial charge in [0, 0.05) is 33.3 Å². The van der Waals surface area contributed by atoms with Crippen LogP contribution in [-0.4, -0.2) is 51.8 Å². The maximum atomic E-state index is 4.97. The number of nitrogens with one attached hydrogen (secondary N) is 1. The molecular weight excluding hydrogens is 188 g/mol. The van der Waals surface area contributed by atoms with Crippen molar-refractivity contribution in [1.82, 2.24) is 10.2 Å². The monoisotopic (exact) mass is 216 g/mol. The summed E-state index contributed by atoms with van der Waals surface area (Å²) >= 11 is 0. The molecule has 1 atom stereocenters. The average Bonchev–Trinajstić information content (AvgIpc) is 2.17. The van der Waals surface area contributed by atoms with Gasteiger partial charge in [-0.05, 0) is 18.9 Å². The fourth-order valence-electron chi connectivity index (χ4n) is 1.36. The molecule has 0 aliphatic carbocycles. The van der Waals surface area contributed by atoms with Crippen molar-refractivity contribution in [3.63, 3.8) is 0 Å². The second-order valence-electron chi connectivity index (χ2n) is 4.73. The molecule has 1 N–H and O–H groups in total. The molecule has 0 heterocycles. The van der Waals surface area contributed by atoms with Gasteiger partial charge in [-0.25, -0.2) is 0 Å². The van der Waals surface area contributed by atoms with E-state index in [1.54, 1.807) is 7.11 Å². The van der Waals surface area contributed by atoms with Crippen LogP contribution in [0.25, 0.3) is 0 Å². The van der Waals surface area contributed by atoms with E-state index < -0.39 is 0 Å². The van der Waals surface area contributed by atoms with E-state index in [2.05, 4.69) is 38.0 Å². The lowest BCUT2D eigenvalue weighted by Gasteiger charge is -2.23. The normalized spacial score (nSPS) is 13.8. The zero-order valence-corrected chi connectivity index (χ0v) is 11.0. The molecule has 0 amide bonds. The van der Waals surface area contributed by atoms with Crippen molar-refractivity contribution < 1.29 is 4.74 Å². The Morgan fingerprint density at radius 2 is 1.87 bits per heavy atom. The first kappa shape index (κ1) is 14.9. The van der Waals surface area contributed by atoms with Gasteiger partial charge < -0.3 is 15.0 Å². The highest BCUT2D eigenvalue weighted by molar-refractivity contribution is 4.63. The molecule has 0 aromatic carbocycles. The van der Waals surface area contributed by atoms with Crippen LogP contribution in [0.3, 0.4) is 0 Å². The molecule has 0 aromatic rings. The second-order valence-corrected chi connectivity index (χ2v) is 4.73. The summed E-state index contributed by atoms with van der Waals surface area (Å²) in [5.41, 5.74) is 0.